The average Bonchev–Trinajstić information content (AvgIpc) is 2.58. The third-order valence-corrected chi connectivity index (χ3v) is 3.40. The topological polar surface area (TPSA) is 17.1 Å². The summed E-state index contributed by atoms with van der Waals surface area (Å²) in [5.74, 6) is 0.112. The van der Waals surface area contributed by atoms with E-state index in [0.717, 1.165) is 17.3 Å². The molecule has 1 saturated carbocycles. The standard InChI is InChI=1S/C12H12BrFO/c13-10-4-5-11(14)9(7-10)6-8-2-1-3-12(8)15/h4-5,7-8H,1-3,6H2. The van der Waals surface area contributed by atoms with Gasteiger partial charge in [0, 0.05) is 16.8 Å². The zero-order valence-electron chi connectivity index (χ0n) is 8.30. The maximum absolute atomic E-state index is 13.4. The molecule has 0 amide bonds. The fourth-order valence-corrected chi connectivity index (χ4v) is 2.48. The van der Waals surface area contributed by atoms with Crippen LogP contribution in [0.25, 0.3) is 0 Å². The van der Waals surface area contributed by atoms with E-state index in [1.807, 2.05) is 0 Å². The van der Waals surface area contributed by atoms with E-state index in [0.29, 0.717) is 18.4 Å². The van der Waals surface area contributed by atoms with E-state index in [-0.39, 0.29) is 17.5 Å². The maximum Gasteiger partial charge on any atom is 0.136 e. The van der Waals surface area contributed by atoms with E-state index < -0.39 is 0 Å². The van der Waals surface area contributed by atoms with Crippen LogP contribution in [0.2, 0.25) is 0 Å². The van der Waals surface area contributed by atoms with Crippen LogP contribution in [0.15, 0.2) is 22.7 Å². The highest BCUT2D eigenvalue weighted by Gasteiger charge is 2.25. The van der Waals surface area contributed by atoms with Crippen LogP contribution in [0.1, 0.15) is 24.8 Å². The van der Waals surface area contributed by atoms with Crippen LogP contribution in [-0.2, 0) is 11.2 Å². The van der Waals surface area contributed by atoms with Crippen molar-refractivity contribution in [2.75, 3.05) is 0 Å². The lowest BCUT2D eigenvalue weighted by Crippen LogP contribution is -2.10. The van der Waals surface area contributed by atoms with Crippen molar-refractivity contribution in [3.05, 3.63) is 34.1 Å². The van der Waals surface area contributed by atoms with Crippen molar-refractivity contribution >= 4 is 21.7 Å². The molecule has 1 nitrogen and oxygen atoms in total. The number of Topliss-reactive ketones (excluding diaryl/α,β-unsaturated/α-hetero) is 1. The molecular weight excluding hydrogens is 259 g/mol. The summed E-state index contributed by atoms with van der Waals surface area (Å²) >= 11 is 3.31. The molecule has 3 heteroatoms. The molecule has 0 aliphatic heterocycles. The highest BCUT2D eigenvalue weighted by molar-refractivity contribution is 9.10. The maximum atomic E-state index is 13.4. The van der Waals surface area contributed by atoms with Crippen LogP contribution < -0.4 is 0 Å². The number of carbonyl (C=O) groups excluding carboxylic acids is 1. The first kappa shape index (κ1) is 10.8. The highest BCUT2D eigenvalue weighted by Crippen LogP contribution is 2.27. The van der Waals surface area contributed by atoms with Crippen molar-refractivity contribution in [3.63, 3.8) is 0 Å². The van der Waals surface area contributed by atoms with Gasteiger partial charge in [-0.1, -0.05) is 15.9 Å². The Labute approximate surface area is 96.8 Å². The number of rotatable bonds is 2. The van der Waals surface area contributed by atoms with Gasteiger partial charge in [-0.3, -0.25) is 4.79 Å². The van der Waals surface area contributed by atoms with Crippen LogP contribution in [0.5, 0.6) is 0 Å². The molecule has 0 radical (unpaired) electrons. The van der Waals surface area contributed by atoms with Crippen molar-refractivity contribution in [1.82, 2.24) is 0 Å². The van der Waals surface area contributed by atoms with Gasteiger partial charge < -0.3 is 0 Å². The molecule has 1 unspecified atom stereocenters. The van der Waals surface area contributed by atoms with E-state index in [9.17, 15) is 9.18 Å². The van der Waals surface area contributed by atoms with E-state index >= 15 is 0 Å². The van der Waals surface area contributed by atoms with Crippen LogP contribution >= 0.6 is 15.9 Å². The van der Waals surface area contributed by atoms with Crippen molar-refractivity contribution in [3.8, 4) is 0 Å². The van der Waals surface area contributed by atoms with Gasteiger partial charge in [-0.2, -0.15) is 0 Å². The number of halogens is 2. The zero-order valence-corrected chi connectivity index (χ0v) is 9.89. The molecule has 0 aromatic heterocycles. The minimum absolute atomic E-state index is 0.0359. The second kappa shape index (κ2) is 4.44. The molecule has 1 aromatic carbocycles. The van der Waals surface area contributed by atoms with Gasteiger partial charge in [-0.05, 0) is 43.0 Å². The third-order valence-electron chi connectivity index (χ3n) is 2.91. The largest absolute Gasteiger partial charge is 0.299 e. The normalized spacial score (nSPS) is 20.9. The fraction of sp³-hybridized carbons (Fsp3) is 0.417. The van der Waals surface area contributed by atoms with Gasteiger partial charge in [0.1, 0.15) is 11.6 Å². The molecule has 1 atom stereocenters. The summed E-state index contributed by atoms with van der Waals surface area (Å²) in [5.41, 5.74) is 0.643. The Hall–Kier alpha value is -0.700. The number of hydrogen-bond donors (Lipinski definition) is 0. The summed E-state index contributed by atoms with van der Waals surface area (Å²) in [6.07, 6.45) is 3.08. The van der Waals surface area contributed by atoms with Gasteiger partial charge in [0.15, 0.2) is 0 Å². The van der Waals surface area contributed by atoms with Crippen molar-refractivity contribution in [1.29, 1.82) is 0 Å². The molecule has 1 fully saturated rings. The Balaban J connectivity index is 2.16. The molecule has 0 spiro atoms. The van der Waals surface area contributed by atoms with Crippen molar-refractivity contribution in [2.45, 2.75) is 25.7 Å². The molecule has 80 valence electrons. The molecule has 0 N–H and O–H groups in total. The molecule has 0 saturated heterocycles. The lowest BCUT2D eigenvalue weighted by molar-refractivity contribution is -0.120. The van der Waals surface area contributed by atoms with Gasteiger partial charge in [0.05, 0.1) is 0 Å². The molecule has 2 rings (SSSR count). The number of hydrogen-bond acceptors (Lipinski definition) is 1. The third kappa shape index (κ3) is 2.46. The van der Waals surface area contributed by atoms with Crippen LogP contribution in [-0.4, -0.2) is 5.78 Å². The van der Waals surface area contributed by atoms with Gasteiger partial charge in [-0.25, -0.2) is 4.39 Å². The van der Waals surface area contributed by atoms with Gasteiger partial charge in [-0.15, -0.1) is 0 Å². The van der Waals surface area contributed by atoms with Gasteiger partial charge in [0.25, 0.3) is 0 Å². The number of ketones is 1. The van der Waals surface area contributed by atoms with E-state index in [2.05, 4.69) is 15.9 Å². The highest BCUT2D eigenvalue weighted by atomic mass is 79.9. The predicted octanol–water partition coefficient (Wildman–Crippen LogP) is 3.50. The smallest absolute Gasteiger partial charge is 0.136 e. The summed E-state index contributed by atoms with van der Waals surface area (Å²) in [6.45, 7) is 0. The Morgan fingerprint density at radius 3 is 2.93 bits per heavy atom. The lowest BCUT2D eigenvalue weighted by Gasteiger charge is -2.09. The first-order valence-corrected chi connectivity index (χ1v) is 5.93. The Morgan fingerprint density at radius 1 is 1.47 bits per heavy atom. The summed E-state index contributed by atoms with van der Waals surface area (Å²) in [7, 11) is 0. The van der Waals surface area contributed by atoms with Gasteiger partial charge in [0.2, 0.25) is 0 Å². The Bertz CT molecular complexity index is 389. The van der Waals surface area contributed by atoms with Crippen LogP contribution in [0, 0.1) is 11.7 Å². The van der Waals surface area contributed by atoms with E-state index in [1.54, 1.807) is 12.1 Å². The molecule has 1 aliphatic rings. The minimum Gasteiger partial charge on any atom is -0.299 e. The summed E-state index contributed by atoms with van der Waals surface area (Å²) in [5, 5.41) is 0. The van der Waals surface area contributed by atoms with E-state index in [4.69, 9.17) is 0 Å². The molecular formula is C12H12BrFO. The Kier molecular flexibility index (Phi) is 3.19. The van der Waals surface area contributed by atoms with Crippen molar-refractivity contribution < 1.29 is 9.18 Å². The summed E-state index contributed by atoms with van der Waals surface area (Å²) in [4.78, 5) is 11.4. The molecule has 1 aromatic rings. The minimum atomic E-state index is -0.210. The summed E-state index contributed by atoms with van der Waals surface area (Å²) in [6, 6.07) is 4.88. The van der Waals surface area contributed by atoms with Gasteiger partial charge >= 0.3 is 0 Å². The number of benzene rings is 1. The summed E-state index contributed by atoms with van der Waals surface area (Å²) < 4.78 is 14.3. The molecule has 1 aliphatic carbocycles. The number of carbonyl (C=O) groups is 1. The first-order chi connectivity index (χ1) is 7.16. The predicted molar refractivity (Wildman–Crippen MR) is 60.2 cm³/mol. The lowest BCUT2D eigenvalue weighted by atomic mass is 9.97. The Morgan fingerprint density at radius 2 is 2.27 bits per heavy atom. The average molecular weight is 271 g/mol. The van der Waals surface area contributed by atoms with Crippen LogP contribution in [0.4, 0.5) is 4.39 Å². The van der Waals surface area contributed by atoms with Crippen LogP contribution in [0.3, 0.4) is 0 Å². The fourth-order valence-electron chi connectivity index (χ4n) is 2.07. The van der Waals surface area contributed by atoms with E-state index in [1.165, 1.54) is 6.07 Å². The quantitative estimate of drug-likeness (QED) is 0.804. The SMILES string of the molecule is O=C1CCCC1Cc1cc(Br)ccc1F. The zero-order chi connectivity index (χ0) is 10.8. The second-order valence-electron chi connectivity index (χ2n) is 4.00. The molecule has 0 heterocycles. The molecule has 0 bridgehead atoms. The van der Waals surface area contributed by atoms with Crippen molar-refractivity contribution in [2.24, 2.45) is 5.92 Å². The second-order valence-corrected chi connectivity index (χ2v) is 4.91. The molecule has 15 heavy (non-hydrogen) atoms. The first-order valence-electron chi connectivity index (χ1n) is 5.13. The monoisotopic (exact) mass is 270 g/mol.